The van der Waals surface area contributed by atoms with Crippen LogP contribution in [0.1, 0.15) is 13.8 Å². The van der Waals surface area contributed by atoms with Crippen molar-refractivity contribution in [2.24, 2.45) is 17.6 Å². The molecule has 0 amide bonds. The molecule has 0 aromatic heterocycles. The van der Waals surface area contributed by atoms with Crippen molar-refractivity contribution >= 4 is 23.0 Å². The number of carbonyl (C=O) groups is 1. The Morgan fingerprint density at radius 3 is 2.71 bits per heavy atom. The molecule has 0 aromatic rings. The maximum Gasteiger partial charge on any atom is 0.145 e. The van der Waals surface area contributed by atoms with E-state index < -0.39 is 0 Å². The summed E-state index contributed by atoms with van der Waals surface area (Å²) in [6.45, 7) is 4.62. The third-order valence-corrected chi connectivity index (χ3v) is 3.54. The third-order valence-electron chi connectivity index (χ3n) is 3.32. The summed E-state index contributed by atoms with van der Waals surface area (Å²) in [6, 6.07) is 2.01. The normalized spacial score (nSPS) is 31.1. The van der Waals surface area contributed by atoms with Crippen molar-refractivity contribution in [1.82, 2.24) is 4.90 Å². The van der Waals surface area contributed by atoms with Gasteiger partial charge in [0.25, 0.3) is 0 Å². The van der Waals surface area contributed by atoms with E-state index >= 15 is 0 Å². The van der Waals surface area contributed by atoms with Gasteiger partial charge in [-0.2, -0.15) is 5.26 Å². The number of thiocarbonyl (C=S) groups is 1. The van der Waals surface area contributed by atoms with Gasteiger partial charge in [-0.15, -0.1) is 0 Å². The fraction of sp³-hybridized carbons (Fsp3) is 0.583. The number of Topliss-reactive ketones (excluding diaryl/α,β-unsaturated/α-hetero) is 1. The largest absolute Gasteiger partial charge is 0.389 e. The first kappa shape index (κ1) is 13.8. The van der Waals surface area contributed by atoms with Crippen LogP contribution in [0.3, 0.4) is 0 Å². The van der Waals surface area contributed by atoms with Gasteiger partial charge in [0.2, 0.25) is 0 Å². The Hall–Kier alpha value is -1.25. The molecular weight excluding hydrogens is 234 g/mol. The van der Waals surface area contributed by atoms with E-state index in [9.17, 15) is 4.79 Å². The summed E-state index contributed by atoms with van der Waals surface area (Å²) in [4.78, 5) is 14.3. The second-order valence-corrected chi connectivity index (χ2v) is 5.01. The lowest BCUT2D eigenvalue weighted by molar-refractivity contribution is -0.130. The van der Waals surface area contributed by atoms with Crippen LogP contribution in [0, 0.1) is 23.2 Å². The van der Waals surface area contributed by atoms with Crippen LogP contribution < -0.4 is 5.73 Å². The van der Waals surface area contributed by atoms with E-state index in [0.29, 0.717) is 0 Å². The topological polar surface area (TPSA) is 70.1 Å². The van der Waals surface area contributed by atoms with Crippen molar-refractivity contribution < 1.29 is 4.79 Å². The Labute approximate surface area is 107 Å². The zero-order valence-electron chi connectivity index (χ0n) is 10.3. The molecule has 1 aliphatic heterocycles. The van der Waals surface area contributed by atoms with E-state index in [1.165, 1.54) is 0 Å². The zero-order chi connectivity index (χ0) is 13.2. The highest BCUT2D eigenvalue weighted by atomic mass is 32.1. The van der Waals surface area contributed by atoms with E-state index in [0.717, 1.165) is 6.54 Å². The molecule has 0 bridgehead atoms. The van der Waals surface area contributed by atoms with E-state index in [1.54, 1.807) is 6.08 Å². The molecule has 1 aliphatic rings. The molecule has 17 heavy (non-hydrogen) atoms. The molecule has 0 saturated carbocycles. The summed E-state index contributed by atoms with van der Waals surface area (Å²) < 4.78 is 0. The lowest BCUT2D eigenvalue weighted by atomic mass is 9.82. The van der Waals surface area contributed by atoms with Crippen LogP contribution in [0.2, 0.25) is 0 Å². The SMILES string of the molecule is CC1CN(C)C(C)C(C=C(C#N)C(N)=S)C1=O. The van der Waals surface area contributed by atoms with Crippen molar-refractivity contribution in [3.8, 4) is 6.07 Å². The number of likely N-dealkylation sites (tertiary alicyclic amines) is 1. The van der Waals surface area contributed by atoms with Gasteiger partial charge in [0.1, 0.15) is 16.8 Å². The summed E-state index contributed by atoms with van der Waals surface area (Å²) in [7, 11) is 1.97. The Balaban J connectivity index is 3.05. The summed E-state index contributed by atoms with van der Waals surface area (Å²) in [5.41, 5.74) is 5.67. The first-order valence-corrected chi connectivity index (χ1v) is 5.95. The highest BCUT2D eigenvalue weighted by molar-refractivity contribution is 7.80. The van der Waals surface area contributed by atoms with Crippen LogP contribution in [0.25, 0.3) is 0 Å². The molecule has 1 saturated heterocycles. The molecule has 92 valence electrons. The van der Waals surface area contributed by atoms with E-state index in [2.05, 4.69) is 4.90 Å². The van der Waals surface area contributed by atoms with Gasteiger partial charge in [-0.3, -0.25) is 4.79 Å². The summed E-state index contributed by atoms with van der Waals surface area (Å²) in [5.74, 6) is -0.178. The number of nitriles is 1. The standard InChI is InChI=1S/C12H17N3OS/c1-7-6-15(3)8(2)10(11(7)16)4-9(5-13)12(14)17/h4,7-8,10H,6H2,1-3H3,(H2,14,17). The van der Waals surface area contributed by atoms with Gasteiger partial charge in [0, 0.05) is 18.5 Å². The average molecular weight is 251 g/mol. The molecule has 0 radical (unpaired) electrons. The van der Waals surface area contributed by atoms with E-state index in [4.69, 9.17) is 23.2 Å². The second kappa shape index (κ2) is 5.39. The molecular formula is C12H17N3OS. The van der Waals surface area contributed by atoms with Crippen LogP contribution in [-0.4, -0.2) is 35.3 Å². The first-order chi connectivity index (χ1) is 7.88. The average Bonchev–Trinajstić information content (AvgIpc) is 2.26. The molecule has 1 heterocycles. The van der Waals surface area contributed by atoms with Crippen LogP contribution in [-0.2, 0) is 4.79 Å². The van der Waals surface area contributed by atoms with Gasteiger partial charge >= 0.3 is 0 Å². The Morgan fingerprint density at radius 1 is 1.65 bits per heavy atom. The van der Waals surface area contributed by atoms with Crippen molar-refractivity contribution in [3.05, 3.63) is 11.6 Å². The summed E-state index contributed by atoms with van der Waals surface area (Å²) >= 11 is 4.78. The van der Waals surface area contributed by atoms with Gasteiger partial charge in [0.05, 0.1) is 11.5 Å². The van der Waals surface area contributed by atoms with Crippen LogP contribution in [0.5, 0.6) is 0 Å². The van der Waals surface area contributed by atoms with Crippen LogP contribution in [0.15, 0.2) is 11.6 Å². The predicted molar refractivity (Wildman–Crippen MR) is 70.2 cm³/mol. The quantitative estimate of drug-likeness (QED) is 0.448. The minimum Gasteiger partial charge on any atom is -0.389 e. The van der Waals surface area contributed by atoms with Gasteiger partial charge in [0.15, 0.2) is 0 Å². The molecule has 0 aromatic carbocycles. The Morgan fingerprint density at radius 2 is 2.24 bits per heavy atom. The maximum atomic E-state index is 12.1. The Kier molecular flexibility index (Phi) is 4.38. The smallest absolute Gasteiger partial charge is 0.145 e. The summed E-state index contributed by atoms with van der Waals surface area (Å²) in [6.07, 6.45) is 1.61. The number of piperidine rings is 1. The molecule has 3 atom stereocenters. The minimum absolute atomic E-state index is 0.0243. The number of nitrogens with two attached hydrogens (primary N) is 1. The van der Waals surface area contributed by atoms with Crippen LogP contribution >= 0.6 is 12.2 Å². The monoisotopic (exact) mass is 251 g/mol. The molecule has 3 unspecified atom stereocenters. The highest BCUT2D eigenvalue weighted by Crippen LogP contribution is 2.25. The van der Waals surface area contributed by atoms with E-state index in [1.807, 2.05) is 27.0 Å². The minimum atomic E-state index is -0.306. The number of hydrogen-bond donors (Lipinski definition) is 1. The molecule has 1 fully saturated rings. The first-order valence-electron chi connectivity index (χ1n) is 5.54. The van der Waals surface area contributed by atoms with Crippen LogP contribution in [0.4, 0.5) is 0 Å². The zero-order valence-corrected chi connectivity index (χ0v) is 11.1. The van der Waals surface area contributed by atoms with Crippen molar-refractivity contribution in [1.29, 1.82) is 5.26 Å². The molecule has 5 heteroatoms. The number of nitrogens with zero attached hydrogens (tertiary/aromatic N) is 2. The maximum absolute atomic E-state index is 12.1. The highest BCUT2D eigenvalue weighted by Gasteiger charge is 2.35. The second-order valence-electron chi connectivity index (χ2n) is 4.57. The number of rotatable bonds is 2. The lowest BCUT2D eigenvalue weighted by Crippen LogP contribution is -2.49. The number of hydrogen-bond acceptors (Lipinski definition) is 4. The van der Waals surface area contributed by atoms with Gasteiger partial charge in [-0.1, -0.05) is 25.2 Å². The van der Waals surface area contributed by atoms with Gasteiger partial charge in [-0.05, 0) is 14.0 Å². The van der Waals surface area contributed by atoms with Gasteiger partial charge < -0.3 is 10.6 Å². The molecule has 2 N–H and O–H groups in total. The Bertz CT molecular complexity index is 410. The predicted octanol–water partition coefficient (Wildman–Crippen LogP) is 0.878. The van der Waals surface area contributed by atoms with Crippen molar-refractivity contribution in [2.45, 2.75) is 19.9 Å². The third kappa shape index (κ3) is 2.90. The van der Waals surface area contributed by atoms with Crippen molar-refractivity contribution in [3.63, 3.8) is 0 Å². The lowest BCUT2D eigenvalue weighted by Gasteiger charge is -2.37. The molecule has 0 aliphatic carbocycles. The fourth-order valence-electron chi connectivity index (χ4n) is 2.10. The van der Waals surface area contributed by atoms with Crippen molar-refractivity contribution in [2.75, 3.05) is 13.6 Å². The van der Waals surface area contributed by atoms with Gasteiger partial charge in [-0.25, -0.2) is 0 Å². The fourth-order valence-corrected chi connectivity index (χ4v) is 2.22. The molecule has 4 nitrogen and oxygen atoms in total. The van der Waals surface area contributed by atoms with E-state index in [-0.39, 0.29) is 34.2 Å². The number of ketones is 1. The molecule has 1 rings (SSSR count). The molecule has 0 spiro atoms. The number of carbonyl (C=O) groups excluding carboxylic acids is 1. The summed E-state index contributed by atoms with van der Waals surface area (Å²) in [5, 5.41) is 8.92.